The molecule has 0 bridgehead atoms. The SMILES string of the molecule is CC(C)(C)C1=CC[C-]=C1.COC(C)=CC(=COc1ccccc1)C(C)(C)C.C[SiH]C.[Ti]. The summed E-state index contributed by atoms with van der Waals surface area (Å²) in [7, 11) is 2.42. The monoisotopic (exact) mass is 474 g/mol. The molecule has 1 aliphatic carbocycles. The van der Waals surface area contributed by atoms with Crippen LogP contribution in [0.3, 0.4) is 0 Å². The Morgan fingerprint density at radius 3 is 1.94 bits per heavy atom. The van der Waals surface area contributed by atoms with Crippen LogP contribution in [-0.4, -0.2) is 16.6 Å². The summed E-state index contributed by atoms with van der Waals surface area (Å²) in [5.74, 6) is 1.70. The van der Waals surface area contributed by atoms with Crippen molar-refractivity contribution in [2.45, 2.75) is 68.0 Å². The van der Waals surface area contributed by atoms with Gasteiger partial charge in [0, 0.05) is 31.2 Å². The van der Waals surface area contributed by atoms with E-state index < -0.39 is 0 Å². The van der Waals surface area contributed by atoms with E-state index >= 15 is 0 Å². The second kappa shape index (κ2) is 16.4. The van der Waals surface area contributed by atoms with Crippen LogP contribution in [0.2, 0.25) is 13.1 Å². The molecule has 2 rings (SSSR count). The number of allylic oxidation sites excluding steroid dienone is 7. The van der Waals surface area contributed by atoms with E-state index in [4.69, 9.17) is 9.47 Å². The second-order valence-electron chi connectivity index (χ2n) is 9.25. The molecular weight excluding hydrogens is 432 g/mol. The maximum absolute atomic E-state index is 5.68. The van der Waals surface area contributed by atoms with Crippen molar-refractivity contribution in [2.75, 3.05) is 7.11 Å². The number of benzene rings is 1. The molecule has 0 N–H and O–H groups in total. The number of methoxy groups -OCH3 is 1. The summed E-state index contributed by atoms with van der Waals surface area (Å²) in [5.41, 5.74) is 2.84. The fourth-order valence-corrected chi connectivity index (χ4v) is 2.26. The first-order valence-corrected chi connectivity index (χ1v) is 12.9. The van der Waals surface area contributed by atoms with Crippen molar-refractivity contribution in [3.05, 3.63) is 77.8 Å². The topological polar surface area (TPSA) is 18.5 Å². The molecule has 0 aromatic heterocycles. The van der Waals surface area contributed by atoms with Gasteiger partial charge in [0.25, 0.3) is 0 Å². The molecule has 0 heterocycles. The van der Waals surface area contributed by atoms with Crippen molar-refractivity contribution in [3.8, 4) is 5.75 Å². The minimum Gasteiger partial charge on any atom is -0.501 e. The summed E-state index contributed by atoms with van der Waals surface area (Å²) in [6.07, 6.45) is 12.3. The molecule has 0 spiro atoms. The maximum atomic E-state index is 5.68. The number of ether oxygens (including phenoxy) is 2. The van der Waals surface area contributed by atoms with E-state index in [-0.39, 0.29) is 27.1 Å². The molecule has 4 heteroatoms. The molecule has 1 radical (unpaired) electrons. The van der Waals surface area contributed by atoms with Gasteiger partial charge in [-0.25, -0.2) is 6.08 Å². The van der Waals surface area contributed by atoms with Crippen LogP contribution in [0, 0.1) is 16.9 Å². The molecule has 0 aliphatic heterocycles. The summed E-state index contributed by atoms with van der Waals surface area (Å²) < 4.78 is 10.9. The van der Waals surface area contributed by atoms with Gasteiger partial charge in [-0.1, -0.05) is 78.3 Å². The molecule has 0 unspecified atom stereocenters. The molecule has 0 amide bonds. The third-order valence-corrected chi connectivity index (χ3v) is 4.18. The standard InChI is InChI=1S/C16H22O2.C9H13.C2H7Si.Ti/c1-13(17-5)11-14(16(2,3)4)12-18-15-9-7-6-8-10-15;1-9(2,3)8-6-4-5-7-8;1-3-2;/h6-12H,1-5H3;6-7H,4H2,1-3H3;3H,1-2H3;/q;-1;;. The van der Waals surface area contributed by atoms with E-state index in [0.717, 1.165) is 33.0 Å². The van der Waals surface area contributed by atoms with Gasteiger partial charge in [-0.05, 0) is 36.1 Å². The molecule has 0 saturated carbocycles. The Morgan fingerprint density at radius 2 is 1.58 bits per heavy atom. The molecule has 0 atom stereocenters. The van der Waals surface area contributed by atoms with Gasteiger partial charge in [-0.3, -0.25) is 6.08 Å². The Kier molecular flexibility index (Phi) is 16.8. The fourth-order valence-electron chi connectivity index (χ4n) is 2.26. The van der Waals surface area contributed by atoms with Crippen molar-refractivity contribution in [3.63, 3.8) is 0 Å². The number of rotatable bonds is 4. The predicted octanol–water partition coefficient (Wildman–Crippen LogP) is 7.78. The van der Waals surface area contributed by atoms with E-state index in [0.29, 0.717) is 5.41 Å². The zero-order valence-electron chi connectivity index (χ0n) is 21.3. The maximum Gasteiger partial charge on any atom is 0.126 e. The van der Waals surface area contributed by atoms with Gasteiger partial charge in [0.2, 0.25) is 0 Å². The molecule has 1 aromatic carbocycles. The largest absolute Gasteiger partial charge is 0.501 e. The van der Waals surface area contributed by atoms with Gasteiger partial charge >= 0.3 is 0 Å². The van der Waals surface area contributed by atoms with E-state index in [1.54, 1.807) is 13.4 Å². The Bertz CT molecular complexity index is 718. The zero-order valence-corrected chi connectivity index (χ0v) is 24.0. The molecule has 1 aliphatic rings. The van der Waals surface area contributed by atoms with E-state index in [1.165, 1.54) is 5.57 Å². The minimum absolute atomic E-state index is 0. The smallest absolute Gasteiger partial charge is 0.126 e. The Hall–Kier alpha value is -1.29. The van der Waals surface area contributed by atoms with Crippen LogP contribution < -0.4 is 4.74 Å². The van der Waals surface area contributed by atoms with Gasteiger partial charge in [-0.15, -0.1) is 6.42 Å². The minimum atomic E-state index is 0. The average Bonchev–Trinajstić information content (AvgIpc) is 3.21. The zero-order chi connectivity index (χ0) is 23.2. The van der Waals surface area contributed by atoms with Crippen molar-refractivity contribution >= 4 is 9.52 Å². The molecule has 31 heavy (non-hydrogen) atoms. The van der Waals surface area contributed by atoms with Crippen LogP contribution in [0.25, 0.3) is 0 Å². The molecule has 0 saturated heterocycles. The summed E-state index contributed by atoms with van der Waals surface area (Å²) >= 11 is 0. The first-order valence-electron chi connectivity index (χ1n) is 10.6. The van der Waals surface area contributed by atoms with Crippen LogP contribution in [-0.2, 0) is 26.5 Å². The van der Waals surface area contributed by atoms with Gasteiger partial charge in [0.1, 0.15) is 5.75 Å². The van der Waals surface area contributed by atoms with Gasteiger partial charge in [-0.2, -0.15) is 11.6 Å². The van der Waals surface area contributed by atoms with Crippen LogP contribution in [0.15, 0.2) is 71.7 Å². The van der Waals surface area contributed by atoms with Crippen molar-refractivity contribution in [1.29, 1.82) is 0 Å². The van der Waals surface area contributed by atoms with Crippen molar-refractivity contribution in [2.24, 2.45) is 10.8 Å². The van der Waals surface area contributed by atoms with Crippen LogP contribution in [0.1, 0.15) is 54.9 Å². The third-order valence-electron chi connectivity index (χ3n) is 4.18. The summed E-state index contributed by atoms with van der Waals surface area (Å²) in [5, 5.41) is 0. The average molecular weight is 475 g/mol. The first-order chi connectivity index (χ1) is 14.0. The fraction of sp³-hybridized carbons (Fsp3) is 0.481. The van der Waals surface area contributed by atoms with Crippen LogP contribution in [0.4, 0.5) is 0 Å². The van der Waals surface area contributed by atoms with E-state index in [2.05, 4.69) is 72.9 Å². The summed E-state index contributed by atoms with van der Waals surface area (Å²) in [6, 6.07) is 9.75. The molecule has 171 valence electrons. The summed E-state index contributed by atoms with van der Waals surface area (Å²) in [6.45, 7) is 19.5. The number of hydrogen-bond donors (Lipinski definition) is 0. The van der Waals surface area contributed by atoms with Gasteiger partial charge < -0.3 is 9.47 Å². The summed E-state index contributed by atoms with van der Waals surface area (Å²) in [4.78, 5) is 0. The molecular formula is C27H42O2SiTi-. The Balaban J connectivity index is 0. The number of hydrogen-bond acceptors (Lipinski definition) is 2. The van der Waals surface area contributed by atoms with E-state index in [9.17, 15) is 0 Å². The number of para-hydroxylation sites is 1. The molecule has 2 nitrogen and oxygen atoms in total. The Morgan fingerprint density at radius 1 is 1.03 bits per heavy atom. The van der Waals surface area contributed by atoms with Gasteiger partial charge in [0.05, 0.1) is 19.1 Å². The Labute approximate surface area is 209 Å². The quantitative estimate of drug-likeness (QED) is 0.192. The second-order valence-corrected chi connectivity index (χ2v) is 10.4. The third kappa shape index (κ3) is 15.2. The van der Waals surface area contributed by atoms with Crippen LogP contribution >= 0.6 is 0 Å². The molecule has 1 aromatic rings. The molecule has 0 fully saturated rings. The van der Waals surface area contributed by atoms with Crippen molar-refractivity contribution in [1.82, 2.24) is 0 Å². The van der Waals surface area contributed by atoms with Gasteiger partial charge in [0.15, 0.2) is 0 Å². The van der Waals surface area contributed by atoms with Crippen LogP contribution in [0.5, 0.6) is 5.75 Å². The van der Waals surface area contributed by atoms with E-state index in [1.807, 2.05) is 43.3 Å². The predicted molar refractivity (Wildman–Crippen MR) is 134 cm³/mol. The van der Waals surface area contributed by atoms with Crippen molar-refractivity contribution < 1.29 is 31.2 Å². The normalized spacial score (nSPS) is 13.7. The first kappa shape index (κ1) is 31.9.